The maximum Gasteiger partial charge on any atom is 0.326 e. The van der Waals surface area contributed by atoms with Crippen LogP contribution < -0.4 is 10.1 Å². The van der Waals surface area contributed by atoms with E-state index in [9.17, 15) is 14.7 Å². The smallest absolute Gasteiger partial charge is 0.326 e. The van der Waals surface area contributed by atoms with Gasteiger partial charge in [-0.1, -0.05) is 18.2 Å². The summed E-state index contributed by atoms with van der Waals surface area (Å²) in [4.78, 5) is 22.3. The van der Waals surface area contributed by atoms with Crippen molar-refractivity contribution in [2.75, 3.05) is 6.61 Å². The largest absolute Gasteiger partial charge is 0.493 e. The van der Waals surface area contributed by atoms with E-state index in [-0.39, 0.29) is 11.8 Å². The average Bonchev–Trinajstić information content (AvgIpc) is 2.58. The number of fused-ring (bicyclic) bond motifs is 1. The number of rotatable bonds is 4. The van der Waals surface area contributed by atoms with E-state index in [1.54, 1.807) is 0 Å². The first-order valence-electron chi connectivity index (χ1n) is 6.77. The number of hydrogen-bond donors (Lipinski definition) is 2. The van der Waals surface area contributed by atoms with Crippen LogP contribution in [0.3, 0.4) is 0 Å². The van der Waals surface area contributed by atoms with Crippen LogP contribution >= 0.6 is 0 Å². The van der Waals surface area contributed by atoms with Crippen LogP contribution in [0.1, 0.15) is 25.3 Å². The van der Waals surface area contributed by atoms with E-state index in [1.807, 2.05) is 24.3 Å². The van der Waals surface area contributed by atoms with Gasteiger partial charge < -0.3 is 15.2 Å². The van der Waals surface area contributed by atoms with Crippen molar-refractivity contribution in [1.82, 2.24) is 5.32 Å². The lowest BCUT2D eigenvalue weighted by molar-refractivity contribution is -0.142. The number of carboxylic acids is 1. The number of carbonyl (C=O) groups excluding carboxylic acids is 1. The normalized spacial score (nSPS) is 19.1. The Balaban J connectivity index is 2.05. The molecule has 0 fully saturated rings. The summed E-state index contributed by atoms with van der Waals surface area (Å²) in [5.74, 6) is -0.241. The van der Waals surface area contributed by atoms with Crippen LogP contribution in [0.15, 0.2) is 24.3 Å². The van der Waals surface area contributed by atoms with Crippen LogP contribution in [0.2, 0.25) is 0 Å². The summed E-state index contributed by atoms with van der Waals surface area (Å²) in [7, 11) is 0. The second-order valence-corrected chi connectivity index (χ2v) is 5.14. The number of ether oxygens (including phenoxy) is 1. The van der Waals surface area contributed by atoms with Gasteiger partial charge in [0.25, 0.3) is 0 Å². The Bertz CT molecular complexity index is 500. The third-order valence-electron chi connectivity index (χ3n) is 3.51. The molecule has 2 unspecified atom stereocenters. The topological polar surface area (TPSA) is 75.6 Å². The molecule has 1 aliphatic rings. The molecule has 1 aromatic rings. The maximum absolute atomic E-state index is 11.2. The molecule has 2 N–H and O–H groups in total. The Labute approximate surface area is 117 Å². The fraction of sp³-hybridized carbons (Fsp3) is 0.467. The van der Waals surface area contributed by atoms with E-state index in [1.165, 1.54) is 6.92 Å². The molecule has 0 aliphatic carbocycles. The summed E-state index contributed by atoms with van der Waals surface area (Å²) < 4.78 is 5.67. The molecule has 0 saturated heterocycles. The summed E-state index contributed by atoms with van der Waals surface area (Å²) in [5.41, 5.74) is 1.10. The fourth-order valence-corrected chi connectivity index (χ4v) is 2.56. The van der Waals surface area contributed by atoms with E-state index in [0.29, 0.717) is 13.0 Å². The molecular formula is C15H19NO4. The van der Waals surface area contributed by atoms with Crippen molar-refractivity contribution in [3.05, 3.63) is 29.8 Å². The zero-order valence-electron chi connectivity index (χ0n) is 11.5. The molecule has 5 nitrogen and oxygen atoms in total. The summed E-state index contributed by atoms with van der Waals surface area (Å²) >= 11 is 0. The minimum Gasteiger partial charge on any atom is -0.493 e. The van der Waals surface area contributed by atoms with Crippen LogP contribution in [-0.4, -0.2) is 29.6 Å². The van der Waals surface area contributed by atoms with Gasteiger partial charge in [0, 0.05) is 6.92 Å². The van der Waals surface area contributed by atoms with Gasteiger partial charge in [-0.25, -0.2) is 4.79 Å². The van der Waals surface area contributed by atoms with Gasteiger partial charge in [0.15, 0.2) is 0 Å². The molecular weight excluding hydrogens is 258 g/mol. The Morgan fingerprint density at radius 1 is 1.45 bits per heavy atom. The lowest BCUT2D eigenvalue weighted by atomic mass is 9.90. The Kier molecular flexibility index (Phi) is 4.61. The third kappa shape index (κ3) is 3.73. The number of amides is 1. The number of nitrogens with one attached hydrogen (secondary N) is 1. The molecule has 5 heteroatoms. The van der Waals surface area contributed by atoms with E-state index < -0.39 is 12.0 Å². The van der Waals surface area contributed by atoms with Gasteiger partial charge in [-0.05, 0) is 36.8 Å². The van der Waals surface area contributed by atoms with Gasteiger partial charge in [-0.3, -0.25) is 4.79 Å². The predicted octanol–water partition coefficient (Wildman–Crippen LogP) is 1.61. The van der Waals surface area contributed by atoms with Gasteiger partial charge in [0.1, 0.15) is 11.8 Å². The van der Waals surface area contributed by atoms with Gasteiger partial charge in [-0.15, -0.1) is 0 Å². The highest BCUT2D eigenvalue weighted by atomic mass is 16.5. The van der Waals surface area contributed by atoms with E-state index in [2.05, 4.69) is 5.32 Å². The van der Waals surface area contributed by atoms with Gasteiger partial charge in [-0.2, -0.15) is 0 Å². The standard InChI is InChI=1S/C15H19NO4/c1-10(17)16-13(15(18)19)9-11-6-7-20-14-5-3-2-4-12(14)8-11/h2-5,11,13H,6-9H2,1H3,(H,16,17)(H,18,19). The molecule has 0 bridgehead atoms. The lowest BCUT2D eigenvalue weighted by Crippen LogP contribution is -2.41. The fourth-order valence-electron chi connectivity index (χ4n) is 2.56. The number of aliphatic carboxylic acids is 1. The Morgan fingerprint density at radius 3 is 2.90 bits per heavy atom. The molecule has 2 atom stereocenters. The van der Waals surface area contributed by atoms with Gasteiger partial charge in [0.2, 0.25) is 5.91 Å². The molecule has 108 valence electrons. The quantitative estimate of drug-likeness (QED) is 0.876. The SMILES string of the molecule is CC(=O)NC(CC1CCOc2ccccc2C1)C(=O)O. The van der Waals surface area contributed by atoms with Crippen molar-refractivity contribution < 1.29 is 19.4 Å². The average molecular weight is 277 g/mol. The first-order chi connectivity index (χ1) is 9.56. The summed E-state index contributed by atoms with van der Waals surface area (Å²) in [6.45, 7) is 1.91. The number of para-hydroxylation sites is 1. The number of hydrogen-bond acceptors (Lipinski definition) is 3. The first kappa shape index (κ1) is 14.4. The van der Waals surface area contributed by atoms with Crippen LogP contribution in [0.5, 0.6) is 5.75 Å². The van der Waals surface area contributed by atoms with Crippen molar-refractivity contribution in [2.24, 2.45) is 5.92 Å². The molecule has 2 rings (SSSR count). The second-order valence-electron chi connectivity index (χ2n) is 5.14. The predicted molar refractivity (Wildman–Crippen MR) is 73.6 cm³/mol. The molecule has 1 aliphatic heterocycles. The molecule has 1 heterocycles. The van der Waals surface area contributed by atoms with Crippen molar-refractivity contribution in [1.29, 1.82) is 0 Å². The highest BCUT2D eigenvalue weighted by molar-refractivity contribution is 5.82. The minimum absolute atomic E-state index is 0.187. The Morgan fingerprint density at radius 2 is 2.20 bits per heavy atom. The molecule has 0 aromatic heterocycles. The van der Waals surface area contributed by atoms with Crippen molar-refractivity contribution in [3.63, 3.8) is 0 Å². The van der Waals surface area contributed by atoms with Crippen LogP contribution in [0.4, 0.5) is 0 Å². The molecule has 0 radical (unpaired) electrons. The highest BCUT2D eigenvalue weighted by Gasteiger charge is 2.25. The van der Waals surface area contributed by atoms with Crippen LogP contribution in [0.25, 0.3) is 0 Å². The lowest BCUT2D eigenvalue weighted by Gasteiger charge is -2.19. The van der Waals surface area contributed by atoms with E-state index in [0.717, 1.165) is 24.2 Å². The minimum atomic E-state index is -0.987. The summed E-state index contributed by atoms with van der Waals surface area (Å²) in [5, 5.41) is 11.7. The van der Waals surface area contributed by atoms with Crippen molar-refractivity contribution in [2.45, 2.75) is 32.2 Å². The molecule has 0 spiro atoms. The monoisotopic (exact) mass is 277 g/mol. The van der Waals surface area contributed by atoms with E-state index in [4.69, 9.17) is 4.74 Å². The van der Waals surface area contributed by atoms with Gasteiger partial charge >= 0.3 is 5.97 Å². The zero-order valence-corrected chi connectivity index (χ0v) is 11.5. The maximum atomic E-state index is 11.2. The number of carbonyl (C=O) groups is 2. The van der Waals surface area contributed by atoms with Crippen LogP contribution in [-0.2, 0) is 16.0 Å². The Hall–Kier alpha value is -2.04. The first-order valence-corrected chi connectivity index (χ1v) is 6.77. The van der Waals surface area contributed by atoms with Crippen molar-refractivity contribution >= 4 is 11.9 Å². The van der Waals surface area contributed by atoms with E-state index >= 15 is 0 Å². The number of benzene rings is 1. The van der Waals surface area contributed by atoms with Crippen molar-refractivity contribution in [3.8, 4) is 5.75 Å². The highest BCUT2D eigenvalue weighted by Crippen LogP contribution is 2.28. The zero-order chi connectivity index (χ0) is 14.5. The van der Waals surface area contributed by atoms with Crippen LogP contribution in [0, 0.1) is 5.92 Å². The summed E-state index contributed by atoms with van der Waals surface area (Å²) in [6, 6.07) is 6.98. The molecule has 20 heavy (non-hydrogen) atoms. The molecule has 0 saturated carbocycles. The second kappa shape index (κ2) is 6.41. The number of carboxylic acid groups (broad SMARTS) is 1. The molecule has 1 amide bonds. The summed E-state index contributed by atoms with van der Waals surface area (Å²) in [6.07, 6.45) is 1.99. The third-order valence-corrected chi connectivity index (χ3v) is 3.51. The molecule has 1 aromatic carbocycles. The van der Waals surface area contributed by atoms with Gasteiger partial charge in [0.05, 0.1) is 6.61 Å².